The second-order valence-corrected chi connectivity index (χ2v) is 6.63. The Balaban J connectivity index is 1.70. The first kappa shape index (κ1) is 15.8. The molecule has 0 unspecified atom stereocenters. The van der Waals surface area contributed by atoms with Crippen LogP contribution in [0.5, 0.6) is 0 Å². The summed E-state index contributed by atoms with van der Waals surface area (Å²) in [5.41, 5.74) is 2.23. The monoisotopic (exact) mass is 333 g/mol. The summed E-state index contributed by atoms with van der Waals surface area (Å²) in [7, 11) is 0. The van der Waals surface area contributed by atoms with Gasteiger partial charge in [-0.2, -0.15) is 0 Å². The van der Waals surface area contributed by atoms with E-state index in [1.54, 1.807) is 0 Å². The van der Waals surface area contributed by atoms with Gasteiger partial charge in [-0.15, -0.1) is 5.10 Å². The van der Waals surface area contributed by atoms with Crippen LogP contribution in [0, 0.1) is 0 Å². The van der Waals surface area contributed by atoms with Gasteiger partial charge in [0.05, 0.1) is 6.04 Å². The Morgan fingerprint density at radius 2 is 1.56 bits per heavy atom. The van der Waals surface area contributed by atoms with Crippen LogP contribution in [0.2, 0.25) is 0 Å². The number of hydrogen-bond acceptors (Lipinski definition) is 4. The Labute approximate surface area is 148 Å². The first-order valence-corrected chi connectivity index (χ1v) is 9.06. The lowest BCUT2D eigenvalue weighted by Gasteiger charge is -2.26. The van der Waals surface area contributed by atoms with E-state index in [9.17, 15) is 0 Å². The van der Waals surface area contributed by atoms with Crippen molar-refractivity contribution in [1.82, 2.24) is 20.2 Å². The van der Waals surface area contributed by atoms with E-state index >= 15 is 0 Å². The average molecular weight is 333 g/mol. The lowest BCUT2D eigenvalue weighted by molar-refractivity contribution is 0.315. The summed E-state index contributed by atoms with van der Waals surface area (Å²) >= 11 is 0. The maximum Gasteiger partial charge on any atom is 0.178 e. The van der Waals surface area contributed by atoms with Gasteiger partial charge < -0.3 is 5.32 Å². The first-order valence-electron chi connectivity index (χ1n) is 9.06. The first-order chi connectivity index (χ1) is 12.4. The van der Waals surface area contributed by atoms with Crippen molar-refractivity contribution in [2.45, 2.75) is 44.2 Å². The molecule has 1 aromatic heterocycles. The van der Waals surface area contributed by atoms with Gasteiger partial charge in [0, 0.05) is 5.69 Å². The van der Waals surface area contributed by atoms with E-state index in [4.69, 9.17) is 0 Å². The van der Waals surface area contributed by atoms with E-state index in [1.807, 2.05) is 28.9 Å². The van der Waals surface area contributed by atoms with Gasteiger partial charge >= 0.3 is 0 Å². The van der Waals surface area contributed by atoms with Gasteiger partial charge in [-0.1, -0.05) is 67.8 Å². The fourth-order valence-electron chi connectivity index (χ4n) is 3.62. The number of aromatic nitrogens is 4. The number of rotatable bonds is 5. The van der Waals surface area contributed by atoms with Crippen LogP contribution in [-0.2, 0) is 0 Å². The van der Waals surface area contributed by atoms with E-state index in [-0.39, 0.29) is 6.04 Å². The van der Waals surface area contributed by atoms with Gasteiger partial charge in [0.15, 0.2) is 5.82 Å². The van der Waals surface area contributed by atoms with Crippen molar-refractivity contribution in [3.05, 3.63) is 72.1 Å². The molecular formula is C20H23N5. The molecular weight excluding hydrogens is 310 g/mol. The van der Waals surface area contributed by atoms with Crippen molar-refractivity contribution in [3.63, 3.8) is 0 Å². The molecule has 1 aliphatic rings. The molecule has 1 fully saturated rings. The number of nitrogens with zero attached hydrogens (tertiary/aromatic N) is 4. The minimum Gasteiger partial charge on any atom is -0.371 e. The van der Waals surface area contributed by atoms with E-state index in [0.29, 0.717) is 6.04 Å². The van der Waals surface area contributed by atoms with Gasteiger partial charge in [-0.25, -0.2) is 4.68 Å². The lowest BCUT2D eigenvalue weighted by atomic mass is 9.95. The summed E-state index contributed by atoms with van der Waals surface area (Å²) in [6.07, 6.45) is 6.15. The zero-order chi connectivity index (χ0) is 16.9. The van der Waals surface area contributed by atoms with Crippen LogP contribution in [0.1, 0.15) is 55.6 Å². The molecule has 2 aromatic carbocycles. The van der Waals surface area contributed by atoms with Crippen LogP contribution in [0.15, 0.2) is 60.7 Å². The smallest absolute Gasteiger partial charge is 0.178 e. The molecule has 0 aliphatic heterocycles. The molecule has 1 aliphatic carbocycles. The highest BCUT2D eigenvalue weighted by Gasteiger charge is 2.26. The minimum atomic E-state index is -0.0690. The van der Waals surface area contributed by atoms with Gasteiger partial charge in [-0.05, 0) is 41.0 Å². The Hall–Kier alpha value is -2.69. The average Bonchev–Trinajstić information content (AvgIpc) is 3.18. The van der Waals surface area contributed by atoms with E-state index in [0.717, 1.165) is 24.4 Å². The molecule has 0 bridgehead atoms. The highest BCUT2D eigenvalue weighted by Crippen LogP contribution is 2.32. The summed E-state index contributed by atoms with van der Waals surface area (Å²) in [4.78, 5) is 0. The summed E-state index contributed by atoms with van der Waals surface area (Å²) in [6.45, 7) is 0. The normalized spacial score (nSPS) is 16.5. The molecule has 5 heteroatoms. The van der Waals surface area contributed by atoms with E-state index in [1.165, 1.54) is 24.8 Å². The molecule has 1 heterocycles. The minimum absolute atomic E-state index is 0.0690. The van der Waals surface area contributed by atoms with Crippen LogP contribution in [-0.4, -0.2) is 20.2 Å². The quantitative estimate of drug-likeness (QED) is 0.753. The molecule has 1 N–H and O–H groups in total. The molecule has 0 amide bonds. The van der Waals surface area contributed by atoms with Crippen molar-refractivity contribution in [3.8, 4) is 0 Å². The molecule has 0 saturated heterocycles. The van der Waals surface area contributed by atoms with Crippen LogP contribution < -0.4 is 5.32 Å². The summed E-state index contributed by atoms with van der Waals surface area (Å²) in [5.74, 6) is 0.891. The topological polar surface area (TPSA) is 55.6 Å². The molecule has 25 heavy (non-hydrogen) atoms. The zero-order valence-electron chi connectivity index (χ0n) is 14.3. The van der Waals surface area contributed by atoms with Gasteiger partial charge in [-0.3, -0.25) is 0 Å². The van der Waals surface area contributed by atoms with E-state index in [2.05, 4.69) is 57.2 Å². The standard InChI is InChI=1S/C20H23N5/c1-4-10-16(11-5-1)19(21-17-12-6-2-7-13-17)20-22-23-24-25(20)18-14-8-3-9-15-18/h1-2,4-7,10-13,18-19,21H,3,8-9,14-15H2/t19-/m1/s1. The summed E-state index contributed by atoms with van der Waals surface area (Å²) < 4.78 is 2.05. The SMILES string of the molecule is c1ccc(N[C@H](c2ccccc2)c2nnnn2C2CCCCC2)cc1. The van der Waals surface area contributed by atoms with Crippen molar-refractivity contribution in [1.29, 1.82) is 0 Å². The van der Waals surface area contributed by atoms with Gasteiger partial charge in [0.25, 0.3) is 0 Å². The fraction of sp³-hybridized carbons (Fsp3) is 0.350. The third-order valence-electron chi connectivity index (χ3n) is 4.91. The van der Waals surface area contributed by atoms with Crippen molar-refractivity contribution in [2.24, 2.45) is 0 Å². The number of anilines is 1. The number of hydrogen-bond donors (Lipinski definition) is 1. The zero-order valence-corrected chi connectivity index (χ0v) is 14.3. The maximum atomic E-state index is 4.40. The number of tetrazole rings is 1. The lowest BCUT2D eigenvalue weighted by Crippen LogP contribution is -2.23. The molecule has 4 rings (SSSR count). The highest BCUT2D eigenvalue weighted by molar-refractivity contribution is 5.47. The molecule has 1 atom stereocenters. The maximum absolute atomic E-state index is 4.40. The number of nitrogens with one attached hydrogen (secondary N) is 1. The van der Waals surface area contributed by atoms with Gasteiger partial charge in [0.2, 0.25) is 0 Å². The molecule has 0 radical (unpaired) electrons. The molecule has 5 nitrogen and oxygen atoms in total. The molecule has 0 spiro atoms. The highest BCUT2D eigenvalue weighted by atomic mass is 15.6. The van der Waals surface area contributed by atoms with Crippen molar-refractivity contribution in [2.75, 3.05) is 5.32 Å². The predicted octanol–water partition coefficient (Wildman–Crippen LogP) is 4.38. The summed E-state index contributed by atoms with van der Waals surface area (Å²) in [6, 6.07) is 21.0. The largest absolute Gasteiger partial charge is 0.371 e. The molecule has 1 saturated carbocycles. The predicted molar refractivity (Wildman–Crippen MR) is 98.3 cm³/mol. The third-order valence-corrected chi connectivity index (χ3v) is 4.91. The van der Waals surface area contributed by atoms with E-state index < -0.39 is 0 Å². The van der Waals surface area contributed by atoms with Crippen LogP contribution in [0.4, 0.5) is 5.69 Å². The second-order valence-electron chi connectivity index (χ2n) is 6.63. The Morgan fingerprint density at radius 3 is 2.28 bits per heavy atom. The summed E-state index contributed by atoms with van der Waals surface area (Å²) in [5, 5.41) is 16.4. The van der Waals surface area contributed by atoms with Crippen molar-refractivity contribution < 1.29 is 0 Å². The van der Waals surface area contributed by atoms with Crippen LogP contribution >= 0.6 is 0 Å². The fourth-order valence-corrected chi connectivity index (χ4v) is 3.62. The van der Waals surface area contributed by atoms with Crippen LogP contribution in [0.3, 0.4) is 0 Å². The Morgan fingerprint density at radius 1 is 0.880 bits per heavy atom. The Bertz CT molecular complexity index is 778. The Kier molecular flexibility index (Phi) is 4.72. The van der Waals surface area contributed by atoms with Crippen molar-refractivity contribution >= 4 is 5.69 Å². The third kappa shape index (κ3) is 3.55. The number of benzene rings is 2. The molecule has 3 aromatic rings. The van der Waals surface area contributed by atoms with Crippen LogP contribution in [0.25, 0.3) is 0 Å². The molecule has 128 valence electrons. The second kappa shape index (κ2) is 7.47. The van der Waals surface area contributed by atoms with Gasteiger partial charge in [0.1, 0.15) is 6.04 Å². The number of para-hydroxylation sites is 1.